The van der Waals surface area contributed by atoms with E-state index >= 15 is 0 Å². The van der Waals surface area contributed by atoms with Crippen molar-refractivity contribution in [1.29, 1.82) is 0 Å². The van der Waals surface area contributed by atoms with E-state index < -0.39 is 17.6 Å². The highest BCUT2D eigenvalue weighted by Crippen LogP contribution is 2.50. The Bertz CT molecular complexity index is 1510. The number of carbonyl (C=O) groups excluding carboxylic acids is 2. The summed E-state index contributed by atoms with van der Waals surface area (Å²) >= 11 is 0. The number of aliphatic hydroxyl groups is 1. The number of cyclic esters (lactones) is 1. The van der Waals surface area contributed by atoms with Crippen LogP contribution < -0.4 is 15.5 Å². The van der Waals surface area contributed by atoms with Crippen LogP contribution in [0.2, 0.25) is 0 Å². The maximum Gasteiger partial charge on any atom is 0.414 e. The van der Waals surface area contributed by atoms with Crippen molar-refractivity contribution in [3.63, 3.8) is 0 Å². The van der Waals surface area contributed by atoms with E-state index in [1.807, 2.05) is 42.5 Å². The molecule has 0 spiro atoms. The van der Waals surface area contributed by atoms with Gasteiger partial charge in [0.2, 0.25) is 5.91 Å². The zero-order valence-corrected chi connectivity index (χ0v) is 24.1. The molecule has 0 unspecified atom stereocenters. The van der Waals surface area contributed by atoms with Crippen molar-refractivity contribution in [1.82, 2.24) is 10.6 Å². The van der Waals surface area contributed by atoms with E-state index in [-0.39, 0.29) is 25.1 Å². The highest BCUT2D eigenvalue weighted by Gasteiger charge is 2.46. The number of amides is 2. The third-order valence-electron chi connectivity index (χ3n) is 8.39. The predicted octanol–water partition coefficient (Wildman–Crippen LogP) is 4.90. The van der Waals surface area contributed by atoms with E-state index in [9.17, 15) is 14.7 Å². The van der Waals surface area contributed by atoms with Gasteiger partial charge in [0.15, 0.2) is 0 Å². The van der Waals surface area contributed by atoms with Gasteiger partial charge < -0.3 is 20.5 Å². The summed E-state index contributed by atoms with van der Waals surface area (Å²) in [5, 5.41) is 17.0. The molecule has 2 heterocycles. The summed E-state index contributed by atoms with van der Waals surface area (Å²) < 4.78 is 5.47. The molecule has 2 amide bonds. The Morgan fingerprint density at radius 1 is 0.884 bits per heavy atom. The summed E-state index contributed by atoms with van der Waals surface area (Å²) in [6.07, 6.45) is -0.833. The summed E-state index contributed by atoms with van der Waals surface area (Å²) in [4.78, 5) is 25.6. The molecule has 2 atom stereocenters. The number of hydrogen-bond acceptors (Lipinski definition) is 5. The van der Waals surface area contributed by atoms with Gasteiger partial charge in [-0.05, 0) is 45.5 Å². The SMILES string of the molecule is CC(=O)NC[C@H]1CN(c2ccc(C3=C(C(c4ccccc4)(c4ccccc4)c4ccccc4)[C@@H](CO)NC3)cc2)C(=O)O1. The Kier molecular flexibility index (Phi) is 8.09. The van der Waals surface area contributed by atoms with Gasteiger partial charge in [0.1, 0.15) is 6.10 Å². The normalized spacial score (nSPS) is 18.6. The van der Waals surface area contributed by atoms with Gasteiger partial charge in [0, 0.05) is 19.2 Å². The minimum atomic E-state index is -0.676. The van der Waals surface area contributed by atoms with Crippen molar-refractivity contribution in [3.8, 4) is 0 Å². The highest BCUT2D eigenvalue weighted by molar-refractivity contribution is 5.90. The summed E-state index contributed by atoms with van der Waals surface area (Å²) in [6.45, 7) is 2.61. The average molecular weight is 574 g/mol. The van der Waals surface area contributed by atoms with Crippen LogP contribution in [-0.4, -0.2) is 55.5 Å². The fourth-order valence-electron chi connectivity index (χ4n) is 6.50. The third kappa shape index (κ3) is 5.33. The molecule has 4 aromatic carbocycles. The molecule has 43 heavy (non-hydrogen) atoms. The minimum absolute atomic E-state index is 0.0551. The van der Waals surface area contributed by atoms with Crippen molar-refractivity contribution in [3.05, 3.63) is 143 Å². The van der Waals surface area contributed by atoms with Crippen LogP contribution in [-0.2, 0) is 14.9 Å². The Hall–Kier alpha value is -4.72. The fraction of sp³-hybridized carbons (Fsp3) is 0.222. The first-order valence-corrected chi connectivity index (χ1v) is 14.6. The summed E-state index contributed by atoms with van der Waals surface area (Å²) in [5.41, 5.74) is 6.61. The first kappa shape index (κ1) is 28.4. The molecular weight excluding hydrogens is 538 g/mol. The molecule has 218 valence electrons. The van der Waals surface area contributed by atoms with Crippen molar-refractivity contribution in [2.45, 2.75) is 24.5 Å². The van der Waals surface area contributed by atoms with Crippen LogP contribution in [0.1, 0.15) is 29.2 Å². The molecule has 3 N–H and O–H groups in total. The Labute approximate surface area is 251 Å². The summed E-state index contributed by atoms with van der Waals surface area (Å²) in [7, 11) is 0. The Balaban J connectivity index is 1.49. The molecule has 7 heteroatoms. The lowest BCUT2D eigenvalue weighted by atomic mass is 9.62. The number of ether oxygens (including phenoxy) is 1. The second kappa shape index (κ2) is 12.3. The minimum Gasteiger partial charge on any atom is -0.442 e. The molecule has 0 aliphatic carbocycles. The number of aliphatic hydroxyl groups excluding tert-OH is 1. The summed E-state index contributed by atoms with van der Waals surface area (Å²) in [5.74, 6) is -0.160. The van der Waals surface area contributed by atoms with Crippen LogP contribution in [0, 0.1) is 0 Å². The van der Waals surface area contributed by atoms with Crippen LogP contribution in [0.25, 0.3) is 5.57 Å². The molecule has 0 aromatic heterocycles. The number of hydrogen-bond donors (Lipinski definition) is 3. The van der Waals surface area contributed by atoms with E-state index in [1.165, 1.54) is 6.92 Å². The molecule has 2 aliphatic heterocycles. The maximum absolute atomic E-state index is 12.7. The van der Waals surface area contributed by atoms with E-state index in [0.717, 1.165) is 39.1 Å². The van der Waals surface area contributed by atoms with Crippen LogP contribution in [0.5, 0.6) is 0 Å². The van der Waals surface area contributed by atoms with Gasteiger partial charge in [-0.15, -0.1) is 0 Å². The third-order valence-corrected chi connectivity index (χ3v) is 8.39. The largest absolute Gasteiger partial charge is 0.442 e. The molecule has 0 bridgehead atoms. The molecule has 1 fully saturated rings. The first-order chi connectivity index (χ1) is 21.0. The first-order valence-electron chi connectivity index (χ1n) is 14.6. The predicted molar refractivity (Wildman–Crippen MR) is 168 cm³/mol. The molecule has 2 aliphatic rings. The highest BCUT2D eigenvalue weighted by atomic mass is 16.6. The fourth-order valence-corrected chi connectivity index (χ4v) is 6.50. The van der Waals surface area contributed by atoms with Crippen LogP contribution in [0.3, 0.4) is 0 Å². The van der Waals surface area contributed by atoms with Gasteiger partial charge in [-0.25, -0.2) is 4.79 Å². The lowest BCUT2D eigenvalue weighted by molar-refractivity contribution is -0.119. The summed E-state index contributed by atoms with van der Waals surface area (Å²) in [6, 6.07) is 39.1. The molecule has 7 nitrogen and oxygen atoms in total. The van der Waals surface area contributed by atoms with Gasteiger partial charge in [-0.2, -0.15) is 0 Å². The number of anilines is 1. The van der Waals surface area contributed by atoms with Crippen LogP contribution in [0.4, 0.5) is 10.5 Å². The van der Waals surface area contributed by atoms with E-state index in [0.29, 0.717) is 13.1 Å². The van der Waals surface area contributed by atoms with Gasteiger partial charge in [-0.3, -0.25) is 9.69 Å². The van der Waals surface area contributed by atoms with Gasteiger partial charge >= 0.3 is 6.09 Å². The van der Waals surface area contributed by atoms with Crippen molar-refractivity contribution in [2.24, 2.45) is 0 Å². The molecular formula is C36H35N3O4. The number of carbonyl (C=O) groups is 2. The second-order valence-electron chi connectivity index (χ2n) is 11.0. The topological polar surface area (TPSA) is 90.9 Å². The molecule has 6 rings (SSSR count). The zero-order valence-electron chi connectivity index (χ0n) is 24.1. The molecule has 4 aromatic rings. The number of benzene rings is 4. The van der Waals surface area contributed by atoms with Crippen molar-refractivity contribution in [2.75, 3.05) is 31.1 Å². The smallest absolute Gasteiger partial charge is 0.414 e. The molecule has 0 saturated carbocycles. The lowest BCUT2D eigenvalue weighted by Crippen LogP contribution is -2.41. The Morgan fingerprint density at radius 2 is 1.42 bits per heavy atom. The van der Waals surface area contributed by atoms with Crippen LogP contribution in [0.15, 0.2) is 121 Å². The van der Waals surface area contributed by atoms with Gasteiger partial charge in [-0.1, -0.05) is 103 Å². The van der Waals surface area contributed by atoms with Crippen molar-refractivity contribution >= 4 is 23.3 Å². The van der Waals surface area contributed by atoms with E-state index in [4.69, 9.17) is 4.74 Å². The van der Waals surface area contributed by atoms with Gasteiger partial charge in [0.25, 0.3) is 0 Å². The number of nitrogens with one attached hydrogen (secondary N) is 2. The quantitative estimate of drug-likeness (QED) is 0.248. The maximum atomic E-state index is 12.7. The second-order valence-corrected chi connectivity index (χ2v) is 11.0. The van der Waals surface area contributed by atoms with Crippen molar-refractivity contribution < 1.29 is 19.4 Å². The van der Waals surface area contributed by atoms with E-state index in [2.05, 4.69) is 83.4 Å². The standard InChI is InChI=1S/C36H35N3O4/c1-25(41)37-21-31-23-39(35(42)43-31)30-19-17-26(18-20-30)32-22-38-33(24-40)34(32)36(27-11-5-2-6-12-27,28-13-7-3-8-14-28)29-15-9-4-10-16-29/h2-20,31,33,38,40H,21-24H2,1H3,(H,37,41)/t31-,33+/m0/s1. The van der Waals surface area contributed by atoms with Gasteiger partial charge in [0.05, 0.1) is 31.2 Å². The molecule has 1 saturated heterocycles. The number of nitrogens with zero attached hydrogens (tertiary/aromatic N) is 1. The van der Waals surface area contributed by atoms with Crippen LogP contribution >= 0.6 is 0 Å². The monoisotopic (exact) mass is 573 g/mol. The van der Waals surface area contributed by atoms with E-state index in [1.54, 1.807) is 4.90 Å². The Morgan fingerprint density at radius 3 is 1.91 bits per heavy atom. The average Bonchev–Trinajstić information content (AvgIpc) is 3.66. The molecule has 0 radical (unpaired) electrons. The lowest BCUT2D eigenvalue weighted by Gasteiger charge is -2.40. The zero-order chi connectivity index (χ0) is 29.8. The number of rotatable bonds is 9.